The standard InChI is InChI=1S/C18H15ClFN5O2/c1-10-5-2-3-8-13(10)22-18-24-14(23-17(21)25-18)9-27-16(26)15-11(19)6-4-7-12(15)20/h2-8H,9H2,1H3,(H3,21,22,23,24,25). The second-order valence-electron chi connectivity index (χ2n) is 5.55. The van der Waals surface area contributed by atoms with Crippen molar-refractivity contribution in [3.8, 4) is 0 Å². The Labute approximate surface area is 159 Å². The smallest absolute Gasteiger partial charge is 0.343 e. The Morgan fingerprint density at radius 2 is 1.96 bits per heavy atom. The van der Waals surface area contributed by atoms with Crippen LogP contribution in [-0.4, -0.2) is 20.9 Å². The van der Waals surface area contributed by atoms with Crippen LogP contribution in [0.2, 0.25) is 5.02 Å². The summed E-state index contributed by atoms with van der Waals surface area (Å²) >= 11 is 5.85. The van der Waals surface area contributed by atoms with Crippen molar-refractivity contribution in [1.29, 1.82) is 0 Å². The molecule has 0 bridgehead atoms. The van der Waals surface area contributed by atoms with Crippen LogP contribution in [0.4, 0.5) is 22.0 Å². The van der Waals surface area contributed by atoms with Crippen LogP contribution < -0.4 is 11.1 Å². The lowest BCUT2D eigenvalue weighted by Crippen LogP contribution is -2.12. The van der Waals surface area contributed by atoms with Crippen LogP contribution in [0.1, 0.15) is 21.7 Å². The number of nitrogens with two attached hydrogens (primary N) is 1. The van der Waals surface area contributed by atoms with Gasteiger partial charge in [-0.3, -0.25) is 0 Å². The minimum atomic E-state index is -0.925. The molecule has 0 saturated heterocycles. The molecule has 0 fully saturated rings. The number of esters is 1. The van der Waals surface area contributed by atoms with Gasteiger partial charge >= 0.3 is 5.97 Å². The number of carbonyl (C=O) groups excluding carboxylic acids is 1. The molecule has 0 aliphatic rings. The summed E-state index contributed by atoms with van der Waals surface area (Å²) in [5, 5.41) is 2.98. The van der Waals surface area contributed by atoms with Crippen molar-refractivity contribution in [2.45, 2.75) is 13.5 Å². The number of nitrogen functional groups attached to an aromatic ring is 1. The highest BCUT2D eigenvalue weighted by Crippen LogP contribution is 2.21. The fourth-order valence-electron chi connectivity index (χ4n) is 2.29. The van der Waals surface area contributed by atoms with Crippen LogP contribution in [0, 0.1) is 12.7 Å². The number of para-hydroxylation sites is 1. The lowest BCUT2D eigenvalue weighted by Gasteiger charge is -2.10. The van der Waals surface area contributed by atoms with Gasteiger partial charge in [-0.05, 0) is 30.7 Å². The Bertz CT molecular complexity index is 979. The number of aromatic nitrogens is 3. The molecule has 0 aliphatic carbocycles. The molecule has 0 aliphatic heterocycles. The molecule has 1 heterocycles. The van der Waals surface area contributed by atoms with E-state index in [4.69, 9.17) is 22.1 Å². The number of aryl methyl sites for hydroxylation is 1. The van der Waals surface area contributed by atoms with Gasteiger partial charge in [0.15, 0.2) is 12.4 Å². The number of nitrogens with one attached hydrogen (secondary N) is 1. The molecule has 0 radical (unpaired) electrons. The quantitative estimate of drug-likeness (QED) is 0.644. The van der Waals surface area contributed by atoms with Crippen molar-refractivity contribution in [1.82, 2.24) is 15.0 Å². The molecule has 7 nitrogen and oxygen atoms in total. The SMILES string of the molecule is Cc1ccccc1Nc1nc(N)nc(COC(=O)c2c(F)cccc2Cl)n1. The van der Waals surface area contributed by atoms with Crippen LogP contribution in [-0.2, 0) is 11.3 Å². The van der Waals surface area contributed by atoms with Gasteiger partial charge in [-0.15, -0.1) is 0 Å². The monoisotopic (exact) mass is 387 g/mol. The fourth-order valence-corrected chi connectivity index (χ4v) is 2.53. The van der Waals surface area contributed by atoms with E-state index in [2.05, 4.69) is 20.3 Å². The molecule has 1 aromatic heterocycles. The second-order valence-corrected chi connectivity index (χ2v) is 5.95. The molecule has 3 aromatic rings. The zero-order valence-electron chi connectivity index (χ0n) is 14.2. The number of nitrogens with zero attached hydrogens (tertiary/aromatic N) is 3. The van der Waals surface area contributed by atoms with Crippen molar-refractivity contribution in [3.05, 3.63) is 70.3 Å². The van der Waals surface area contributed by atoms with Gasteiger partial charge in [0.2, 0.25) is 11.9 Å². The van der Waals surface area contributed by atoms with Crippen molar-refractivity contribution in [2.75, 3.05) is 11.1 Å². The van der Waals surface area contributed by atoms with Gasteiger partial charge in [-0.1, -0.05) is 35.9 Å². The Balaban J connectivity index is 1.75. The van der Waals surface area contributed by atoms with Crippen LogP contribution in [0.15, 0.2) is 42.5 Å². The second kappa shape index (κ2) is 7.96. The van der Waals surface area contributed by atoms with E-state index >= 15 is 0 Å². The summed E-state index contributed by atoms with van der Waals surface area (Å²) in [6, 6.07) is 11.5. The topological polar surface area (TPSA) is 103 Å². The Morgan fingerprint density at radius 3 is 2.70 bits per heavy atom. The maximum Gasteiger partial charge on any atom is 0.343 e. The average Bonchev–Trinajstić information content (AvgIpc) is 2.61. The summed E-state index contributed by atoms with van der Waals surface area (Å²) in [4.78, 5) is 24.2. The van der Waals surface area contributed by atoms with E-state index < -0.39 is 11.8 Å². The van der Waals surface area contributed by atoms with Crippen LogP contribution in [0.5, 0.6) is 0 Å². The van der Waals surface area contributed by atoms with Crippen molar-refractivity contribution >= 4 is 35.2 Å². The molecule has 0 atom stereocenters. The zero-order valence-corrected chi connectivity index (χ0v) is 15.0. The minimum absolute atomic E-state index is 0.0444. The van der Waals surface area contributed by atoms with Gasteiger partial charge in [0, 0.05) is 5.69 Å². The van der Waals surface area contributed by atoms with E-state index in [1.807, 2.05) is 31.2 Å². The number of carbonyl (C=O) groups is 1. The number of hydrogen-bond donors (Lipinski definition) is 2. The lowest BCUT2D eigenvalue weighted by molar-refractivity contribution is 0.0457. The summed E-state index contributed by atoms with van der Waals surface area (Å²) < 4.78 is 18.8. The number of halogens is 2. The molecule has 27 heavy (non-hydrogen) atoms. The van der Waals surface area contributed by atoms with Crippen LogP contribution in [0.3, 0.4) is 0 Å². The third-order valence-corrected chi connectivity index (χ3v) is 3.90. The third kappa shape index (κ3) is 4.48. The first-order chi connectivity index (χ1) is 12.9. The van der Waals surface area contributed by atoms with E-state index in [1.165, 1.54) is 12.1 Å². The average molecular weight is 388 g/mol. The molecule has 0 unspecified atom stereocenters. The van der Waals surface area contributed by atoms with E-state index in [9.17, 15) is 9.18 Å². The van der Waals surface area contributed by atoms with Gasteiger partial charge in [-0.2, -0.15) is 15.0 Å². The van der Waals surface area contributed by atoms with E-state index in [1.54, 1.807) is 0 Å². The van der Waals surface area contributed by atoms with E-state index in [0.717, 1.165) is 17.3 Å². The molecule has 3 rings (SSSR count). The third-order valence-electron chi connectivity index (χ3n) is 3.59. The molecule has 0 saturated carbocycles. The largest absolute Gasteiger partial charge is 0.454 e. The number of rotatable bonds is 5. The van der Waals surface area contributed by atoms with Crippen LogP contribution >= 0.6 is 11.6 Å². The van der Waals surface area contributed by atoms with Crippen LogP contribution in [0.25, 0.3) is 0 Å². The van der Waals surface area contributed by atoms with Gasteiger partial charge < -0.3 is 15.8 Å². The summed E-state index contributed by atoms with van der Waals surface area (Å²) in [5.74, 6) is -1.43. The van der Waals surface area contributed by atoms with E-state index in [-0.39, 0.29) is 34.9 Å². The summed E-state index contributed by atoms with van der Waals surface area (Å²) in [5.41, 5.74) is 7.13. The predicted molar refractivity (Wildman–Crippen MR) is 99.2 cm³/mol. The highest BCUT2D eigenvalue weighted by atomic mass is 35.5. The normalized spacial score (nSPS) is 10.5. The van der Waals surface area contributed by atoms with Gasteiger partial charge in [-0.25, -0.2) is 9.18 Å². The van der Waals surface area contributed by atoms with Gasteiger partial charge in [0.25, 0.3) is 0 Å². The van der Waals surface area contributed by atoms with Gasteiger partial charge in [0.05, 0.1) is 5.02 Å². The number of ether oxygens (including phenoxy) is 1. The molecular weight excluding hydrogens is 373 g/mol. The molecule has 0 spiro atoms. The maximum absolute atomic E-state index is 13.8. The number of benzene rings is 2. The first kappa shape index (κ1) is 18.5. The molecule has 2 aromatic carbocycles. The zero-order chi connectivity index (χ0) is 19.4. The lowest BCUT2D eigenvalue weighted by atomic mass is 10.2. The summed E-state index contributed by atoms with van der Waals surface area (Å²) in [6.45, 7) is 1.60. The highest BCUT2D eigenvalue weighted by molar-refractivity contribution is 6.33. The fraction of sp³-hybridized carbons (Fsp3) is 0.111. The number of hydrogen-bond acceptors (Lipinski definition) is 7. The predicted octanol–water partition coefficient (Wildman–Crippen LogP) is 3.66. The Hall–Kier alpha value is -3.26. The van der Waals surface area contributed by atoms with E-state index in [0.29, 0.717) is 0 Å². The summed E-state index contributed by atoms with van der Waals surface area (Å²) in [7, 11) is 0. The minimum Gasteiger partial charge on any atom is -0.454 e. The maximum atomic E-state index is 13.8. The van der Waals surface area contributed by atoms with Crippen molar-refractivity contribution < 1.29 is 13.9 Å². The first-order valence-corrected chi connectivity index (χ1v) is 8.26. The molecule has 3 N–H and O–H groups in total. The number of anilines is 3. The first-order valence-electron chi connectivity index (χ1n) is 7.88. The Kier molecular flexibility index (Phi) is 5.46. The highest BCUT2D eigenvalue weighted by Gasteiger charge is 2.18. The van der Waals surface area contributed by atoms with Gasteiger partial charge in [0.1, 0.15) is 11.4 Å². The molecular formula is C18H15ClFN5O2. The van der Waals surface area contributed by atoms with Crippen molar-refractivity contribution in [2.24, 2.45) is 0 Å². The summed E-state index contributed by atoms with van der Waals surface area (Å²) in [6.07, 6.45) is 0. The molecule has 9 heteroatoms. The molecule has 0 amide bonds. The van der Waals surface area contributed by atoms with Crippen molar-refractivity contribution in [3.63, 3.8) is 0 Å². The molecule has 138 valence electrons. The Morgan fingerprint density at radius 1 is 1.19 bits per heavy atom.